The van der Waals surface area contributed by atoms with Crippen molar-refractivity contribution in [3.8, 4) is 0 Å². The molecule has 0 saturated carbocycles. The summed E-state index contributed by atoms with van der Waals surface area (Å²) in [5, 5.41) is 7.12. The SMILES string of the molecule is CC(CN1CCCCCC1)NC(=O)c1nc2ncccn2n1. The number of carbonyl (C=O) groups is 1. The number of amides is 1. The number of nitrogens with zero attached hydrogens (tertiary/aromatic N) is 5. The van der Waals surface area contributed by atoms with Gasteiger partial charge in [0.25, 0.3) is 11.7 Å². The zero-order chi connectivity index (χ0) is 15.4. The van der Waals surface area contributed by atoms with Crippen molar-refractivity contribution < 1.29 is 4.79 Å². The fraction of sp³-hybridized carbons (Fsp3) is 0.600. The quantitative estimate of drug-likeness (QED) is 0.916. The first-order chi connectivity index (χ1) is 10.7. The molecule has 22 heavy (non-hydrogen) atoms. The van der Waals surface area contributed by atoms with Gasteiger partial charge < -0.3 is 10.2 Å². The molecule has 3 heterocycles. The Balaban J connectivity index is 1.58. The standard InChI is InChI=1S/C15H22N6O/c1-12(11-20-8-4-2-3-5-9-20)17-14(22)13-18-15-16-7-6-10-21(15)19-13/h6-7,10,12H,2-5,8-9,11H2,1H3,(H,17,22). The number of aromatic nitrogens is 4. The van der Waals surface area contributed by atoms with Crippen LogP contribution in [0, 0.1) is 0 Å². The van der Waals surface area contributed by atoms with E-state index >= 15 is 0 Å². The number of carbonyl (C=O) groups excluding carboxylic acids is 1. The largest absolute Gasteiger partial charge is 0.346 e. The van der Waals surface area contributed by atoms with Gasteiger partial charge in [0.2, 0.25) is 5.82 Å². The topological polar surface area (TPSA) is 75.4 Å². The first-order valence-corrected chi connectivity index (χ1v) is 7.93. The van der Waals surface area contributed by atoms with Gasteiger partial charge in [0.1, 0.15) is 0 Å². The van der Waals surface area contributed by atoms with E-state index in [4.69, 9.17) is 0 Å². The van der Waals surface area contributed by atoms with E-state index in [1.54, 1.807) is 18.5 Å². The summed E-state index contributed by atoms with van der Waals surface area (Å²) in [5.41, 5.74) is 0. The lowest BCUT2D eigenvalue weighted by Gasteiger charge is -2.24. The molecule has 0 spiro atoms. The molecule has 1 aliphatic heterocycles. The summed E-state index contributed by atoms with van der Waals surface area (Å²) in [6.45, 7) is 5.14. The molecule has 1 saturated heterocycles. The number of hydrogen-bond donors (Lipinski definition) is 1. The van der Waals surface area contributed by atoms with Gasteiger partial charge in [0, 0.05) is 25.0 Å². The van der Waals surface area contributed by atoms with Gasteiger partial charge in [-0.1, -0.05) is 12.8 Å². The summed E-state index contributed by atoms with van der Waals surface area (Å²) in [6.07, 6.45) is 8.49. The molecule has 2 aromatic heterocycles. The van der Waals surface area contributed by atoms with Gasteiger partial charge in [-0.05, 0) is 38.9 Å². The molecule has 0 radical (unpaired) electrons. The van der Waals surface area contributed by atoms with E-state index in [1.807, 2.05) is 6.92 Å². The number of likely N-dealkylation sites (tertiary alicyclic amines) is 1. The average Bonchev–Trinajstić information content (AvgIpc) is 2.79. The molecule has 1 amide bonds. The number of nitrogens with one attached hydrogen (secondary N) is 1. The molecule has 0 bridgehead atoms. The molecule has 1 aliphatic rings. The molecule has 7 nitrogen and oxygen atoms in total. The predicted octanol–water partition coefficient (Wildman–Crippen LogP) is 1.12. The maximum atomic E-state index is 12.2. The predicted molar refractivity (Wildman–Crippen MR) is 82.6 cm³/mol. The van der Waals surface area contributed by atoms with E-state index in [0.717, 1.165) is 19.6 Å². The molecule has 1 fully saturated rings. The Morgan fingerprint density at radius 1 is 1.32 bits per heavy atom. The minimum absolute atomic E-state index is 0.0742. The van der Waals surface area contributed by atoms with Gasteiger partial charge in [-0.3, -0.25) is 4.79 Å². The van der Waals surface area contributed by atoms with Gasteiger partial charge in [-0.2, -0.15) is 4.98 Å². The normalized spacial score (nSPS) is 18.0. The highest BCUT2D eigenvalue weighted by atomic mass is 16.2. The summed E-state index contributed by atoms with van der Waals surface area (Å²) >= 11 is 0. The van der Waals surface area contributed by atoms with E-state index in [9.17, 15) is 4.79 Å². The lowest BCUT2D eigenvalue weighted by Crippen LogP contribution is -2.42. The second kappa shape index (κ2) is 6.83. The monoisotopic (exact) mass is 302 g/mol. The second-order valence-corrected chi connectivity index (χ2v) is 5.89. The molecule has 0 aliphatic carbocycles. The smallest absolute Gasteiger partial charge is 0.291 e. The van der Waals surface area contributed by atoms with Crippen molar-refractivity contribution in [2.45, 2.75) is 38.6 Å². The van der Waals surface area contributed by atoms with E-state index in [0.29, 0.717) is 5.78 Å². The number of rotatable bonds is 4. The third-order valence-corrected chi connectivity index (χ3v) is 3.93. The van der Waals surface area contributed by atoms with Crippen molar-refractivity contribution in [2.24, 2.45) is 0 Å². The van der Waals surface area contributed by atoms with Gasteiger partial charge in [-0.15, -0.1) is 5.10 Å². The summed E-state index contributed by atoms with van der Waals surface area (Å²) in [5.74, 6) is 0.363. The summed E-state index contributed by atoms with van der Waals surface area (Å²) in [7, 11) is 0. The van der Waals surface area contributed by atoms with Crippen molar-refractivity contribution >= 4 is 11.7 Å². The maximum Gasteiger partial charge on any atom is 0.291 e. The first kappa shape index (κ1) is 14.9. The highest BCUT2D eigenvalue weighted by molar-refractivity contribution is 5.90. The van der Waals surface area contributed by atoms with Crippen molar-refractivity contribution in [1.82, 2.24) is 29.8 Å². The first-order valence-electron chi connectivity index (χ1n) is 7.93. The van der Waals surface area contributed by atoms with Gasteiger partial charge in [-0.25, -0.2) is 9.50 Å². The molecule has 3 rings (SSSR count). The van der Waals surface area contributed by atoms with Crippen LogP contribution in [0.15, 0.2) is 18.5 Å². The van der Waals surface area contributed by atoms with E-state index in [-0.39, 0.29) is 17.8 Å². The van der Waals surface area contributed by atoms with E-state index in [1.165, 1.54) is 30.2 Å². The lowest BCUT2D eigenvalue weighted by molar-refractivity contribution is 0.0919. The van der Waals surface area contributed by atoms with Crippen LogP contribution in [0.1, 0.15) is 43.2 Å². The zero-order valence-corrected chi connectivity index (χ0v) is 12.9. The van der Waals surface area contributed by atoms with E-state index < -0.39 is 0 Å². The second-order valence-electron chi connectivity index (χ2n) is 5.89. The molecule has 7 heteroatoms. The number of fused-ring (bicyclic) bond motifs is 1. The zero-order valence-electron chi connectivity index (χ0n) is 12.9. The van der Waals surface area contributed by atoms with Gasteiger partial charge >= 0.3 is 0 Å². The van der Waals surface area contributed by atoms with Gasteiger partial charge in [0.15, 0.2) is 0 Å². The van der Waals surface area contributed by atoms with E-state index in [2.05, 4.69) is 25.3 Å². The van der Waals surface area contributed by atoms with Crippen LogP contribution in [0.2, 0.25) is 0 Å². The Morgan fingerprint density at radius 3 is 2.82 bits per heavy atom. The third kappa shape index (κ3) is 3.59. The van der Waals surface area contributed by atoms with Crippen LogP contribution in [0.4, 0.5) is 0 Å². The Hall–Kier alpha value is -2.02. The summed E-state index contributed by atoms with van der Waals surface area (Å²) in [6, 6.07) is 1.83. The fourth-order valence-electron chi connectivity index (χ4n) is 2.87. The molecular weight excluding hydrogens is 280 g/mol. The van der Waals surface area contributed by atoms with Gasteiger partial charge in [0.05, 0.1) is 0 Å². The molecule has 0 aromatic carbocycles. The Kier molecular flexibility index (Phi) is 4.62. The molecule has 1 N–H and O–H groups in total. The van der Waals surface area contributed by atoms with Crippen molar-refractivity contribution in [2.75, 3.05) is 19.6 Å². The third-order valence-electron chi connectivity index (χ3n) is 3.93. The maximum absolute atomic E-state index is 12.2. The Labute approximate surface area is 129 Å². The molecule has 2 aromatic rings. The minimum atomic E-state index is -0.243. The fourth-order valence-corrected chi connectivity index (χ4v) is 2.87. The molecule has 118 valence electrons. The summed E-state index contributed by atoms with van der Waals surface area (Å²) in [4.78, 5) is 22.9. The van der Waals surface area contributed by atoms with Crippen LogP contribution in [-0.2, 0) is 0 Å². The van der Waals surface area contributed by atoms with Crippen LogP contribution >= 0.6 is 0 Å². The van der Waals surface area contributed by atoms with Crippen molar-refractivity contribution in [1.29, 1.82) is 0 Å². The lowest BCUT2D eigenvalue weighted by atomic mass is 10.2. The van der Waals surface area contributed by atoms with Crippen LogP contribution < -0.4 is 5.32 Å². The van der Waals surface area contributed by atoms with Crippen LogP contribution in [0.5, 0.6) is 0 Å². The van der Waals surface area contributed by atoms with Crippen LogP contribution in [0.3, 0.4) is 0 Å². The average molecular weight is 302 g/mol. The molecular formula is C15H22N6O. The van der Waals surface area contributed by atoms with Crippen LogP contribution in [0.25, 0.3) is 5.78 Å². The van der Waals surface area contributed by atoms with Crippen molar-refractivity contribution in [3.63, 3.8) is 0 Å². The molecule has 1 atom stereocenters. The van der Waals surface area contributed by atoms with Crippen LogP contribution in [-0.4, -0.2) is 56.1 Å². The van der Waals surface area contributed by atoms with Crippen molar-refractivity contribution in [3.05, 3.63) is 24.3 Å². The highest BCUT2D eigenvalue weighted by Gasteiger charge is 2.18. The molecule has 1 unspecified atom stereocenters. The minimum Gasteiger partial charge on any atom is -0.346 e. The number of hydrogen-bond acceptors (Lipinski definition) is 5. The Morgan fingerprint density at radius 2 is 2.09 bits per heavy atom. The summed E-state index contributed by atoms with van der Waals surface area (Å²) < 4.78 is 1.51. The highest BCUT2D eigenvalue weighted by Crippen LogP contribution is 2.10. The Bertz CT molecular complexity index is 599.